The van der Waals surface area contributed by atoms with Gasteiger partial charge in [-0.1, -0.05) is 11.6 Å². The summed E-state index contributed by atoms with van der Waals surface area (Å²) < 4.78 is 5.43. The number of halogens is 1. The van der Waals surface area contributed by atoms with Crippen LogP contribution in [0.5, 0.6) is 5.75 Å². The van der Waals surface area contributed by atoms with Crippen LogP contribution in [0.4, 0.5) is 11.6 Å². The number of piperazine rings is 1. The minimum atomic E-state index is 0.722. The van der Waals surface area contributed by atoms with Gasteiger partial charge in [-0.25, -0.2) is 9.97 Å². The SMILES string of the molecule is COc1ccc(Cl)cc1N1CCN(c2ncccn2)CC1. The van der Waals surface area contributed by atoms with Crippen molar-refractivity contribution in [2.75, 3.05) is 43.1 Å². The Morgan fingerprint density at radius 1 is 1.05 bits per heavy atom. The number of nitrogens with zero attached hydrogens (tertiary/aromatic N) is 4. The Labute approximate surface area is 129 Å². The van der Waals surface area contributed by atoms with Gasteiger partial charge in [-0.15, -0.1) is 0 Å². The van der Waals surface area contributed by atoms with Crippen molar-refractivity contribution in [2.24, 2.45) is 0 Å². The van der Waals surface area contributed by atoms with E-state index in [9.17, 15) is 0 Å². The highest BCUT2D eigenvalue weighted by atomic mass is 35.5. The molecule has 2 aromatic rings. The molecule has 1 aliphatic heterocycles. The molecule has 110 valence electrons. The van der Waals surface area contributed by atoms with Gasteiger partial charge in [-0.05, 0) is 24.3 Å². The van der Waals surface area contributed by atoms with E-state index in [1.807, 2.05) is 24.3 Å². The van der Waals surface area contributed by atoms with Gasteiger partial charge in [0.05, 0.1) is 12.8 Å². The number of hydrogen-bond donors (Lipinski definition) is 0. The normalized spacial score (nSPS) is 15.1. The van der Waals surface area contributed by atoms with Crippen LogP contribution in [0, 0.1) is 0 Å². The van der Waals surface area contributed by atoms with E-state index in [1.54, 1.807) is 19.5 Å². The minimum absolute atomic E-state index is 0.722. The van der Waals surface area contributed by atoms with Gasteiger partial charge in [-0.3, -0.25) is 0 Å². The zero-order chi connectivity index (χ0) is 14.7. The predicted octanol–water partition coefficient (Wildman–Crippen LogP) is 2.47. The molecule has 1 fully saturated rings. The molecule has 0 amide bonds. The number of methoxy groups -OCH3 is 1. The standard InChI is InChI=1S/C15H17ClN4O/c1-21-14-4-3-12(16)11-13(14)19-7-9-20(10-8-19)15-17-5-2-6-18-15/h2-6,11H,7-10H2,1H3. The van der Waals surface area contributed by atoms with Crippen molar-refractivity contribution in [1.29, 1.82) is 0 Å². The predicted molar refractivity (Wildman–Crippen MR) is 84.5 cm³/mol. The second-order valence-corrected chi connectivity index (χ2v) is 5.28. The van der Waals surface area contributed by atoms with E-state index in [0.29, 0.717) is 0 Å². The lowest BCUT2D eigenvalue weighted by Crippen LogP contribution is -2.47. The van der Waals surface area contributed by atoms with E-state index in [0.717, 1.165) is 48.6 Å². The lowest BCUT2D eigenvalue weighted by atomic mass is 10.2. The van der Waals surface area contributed by atoms with Crippen molar-refractivity contribution >= 4 is 23.2 Å². The molecule has 0 spiro atoms. The van der Waals surface area contributed by atoms with Gasteiger partial charge in [0.2, 0.25) is 5.95 Å². The fourth-order valence-corrected chi connectivity index (χ4v) is 2.68. The summed E-state index contributed by atoms with van der Waals surface area (Å²) in [6.45, 7) is 3.52. The van der Waals surface area contributed by atoms with E-state index in [1.165, 1.54) is 0 Å². The van der Waals surface area contributed by atoms with Crippen molar-refractivity contribution in [1.82, 2.24) is 9.97 Å². The van der Waals surface area contributed by atoms with E-state index in [4.69, 9.17) is 16.3 Å². The van der Waals surface area contributed by atoms with Crippen LogP contribution in [0.1, 0.15) is 0 Å². The van der Waals surface area contributed by atoms with Gasteiger partial charge in [0.15, 0.2) is 0 Å². The van der Waals surface area contributed by atoms with Crippen molar-refractivity contribution in [3.05, 3.63) is 41.7 Å². The van der Waals surface area contributed by atoms with Crippen LogP contribution in [0.25, 0.3) is 0 Å². The van der Waals surface area contributed by atoms with Gasteiger partial charge in [0.25, 0.3) is 0 Å². The molecule has 1 saturated heterocycles. The molecule has 3 rings (SSSR count). The monoisotopic (exact) mass is 304 g/mol. The molecule has 0 N–H and O–H groups in total. The highest BCUT2D eigenvalue weighted by Gasteiger charge is 2.21. The number of aromatic nitrogens is 2. The molecule has 5 nitrogen and oxygen atoms in total. The van der Waals surface area contributed by atoms with Crippen molar-refractivity contribution in [3.8, 4) is 5.75 Å². The lowest BCUT2D eigenvalue weighted by molar-refractivity contribution is 0.413. The van der Waals surface area contributed by atoms with Crippen LogP contribution >= 0.6 is 11.6 Å². The van der Waals surface area contributed by atoms with E-state index in [-0.39, 0.29) is 0 Å². The Balaban J connectivity index is 1.73. The summed E-state index contributed by atoms with van der Waals surface area (Å²) in [5.41, 5.74) is 1.04. The largest absolute Gasteiger partial charge is 0.495 e. The van der Waals surface area contributed by atoms with Gasteiger partial charge >= 0.3 is 0 Å². The zero-order valence-electron chi connectivity index (χ0n) is 11.9. The highest BCUT2D eigenvalue weighted by Crippen LogP contribution is 2.32. The fraction of sp³-hybridized carbons (Fsp3) is 0.333. The number of anilines is 2. The topological polar surface area (TPSA) is 41.5 Å². The van der Waals surface area contributed by atoms with Crippen molar-refractivity contribution in [2.45, 2.75) is 0 Å². The van der Waals surface area contributed by atoms with E-state index >= 15 is 0 Å². The summed E-state index contributed by atoms with van der Waals surface area (Å²) >= 11 is 6.10. The van der Waals surface area contributed by atoms with Crippen molar-refractivity contribution in [3.63, 3.8) is 0 Å². The molecule has 0 saturated carbocycles. The second kappa shape index (κ2) is 6.18. The maximum atomic E-state index is 6.10. The average molecular weight is 305 g/mol. The smallest absolute Gasteiger partial charge is 0.225 e. The Morgan fingerprint density at radius 2 is 1.71 bits per heavy atom. The van der Waals surface area contributed by atoms with Crippen LogP contribution in [0.3, 0.4) is 0 Å². The van der Waals surface area contributed by atoms with Crippen LogP contribution in [0.15, 0.2) is 36.7 Å². The Morgan fingerprint density at radius 3 is 2.38 bits per heavy atom. The quantitative estimate of drug-likeness (QED) is 0.871. The van der Waals surface area contributed by atoms with Gasteiger partial charge in [0.1, 0.15) is 5.75 Å². The molecule has 1 aromatic heterocycles. The summed E-state index contributed by atoms with van der Waals surface area (Å²) in [5, 5.41) is 0.722. The highest BCUT2D eigenvalue weighted by molar-refractivity contribution is 6.30. The molecule has 1 aliphatic rings. The molecule has 21 heavy (non-hydrogen) atoms. The van der Waals surface area contributed by atoms with Gasteiger partial charge in [-0.2, -0.15) is 0 Å². The summed E-state index contributed by atoms with van der Waals surface area (Å²) in [5.74, 6) is 1.64. The molecular formula is C15H17ClN4O. The zero-order valence-corrected chi connectivity index (χ0v) is 12.6. The summed E-state index contributed by atoms with van der Waals surface area (Å²) in [6.07, 6.45) is 3.55. The first kappa shape index (κ1) is 13.9. The van der Waals surface area contributed by atoms with E-state index in [2.05, 4.69) is 19.8 Å². The van der Waals surface area contributed by atoms with Gasteiger partial charge in [0, 0.05) is 43.6 Å². The van der Waals surface area contributed by atoms with Gasteiger partial charge < -0.3 is 14.5 Å². The molecule has 2 heterocycles. The third kappa shape index (κ3) is 3.03. The number of rotatable bonds is 3. The third-order valence-electron chi connectivity index (χ3n) is 3.60. The molecule has 0 unspecified atom stereocenters. The Bertz CT molecular complexity index is 600. The Kier molecular flexibility index (Phi) is 4.10. The maximum absolute atomic E-state index is 6.10. The molecule has 0 atom stereocenters. The Hall–Kier alpha value is -2.01. The molecule has 0 radical (unpaired) electrons. The summed E-state index contributed by atoms with van der Waals surface area (Å²) in [4.78, 5) is 13.1. The first-order valence-corrected chi connectivity index (χ1v) is 7.26. The minimum Gasteiger partial charge on any atom is -0.495 e. The van der Waals surface area contributed by atoms with Crippen LogP contribution in [-0.4, -0.2) is 43.3 Å². The molecule has 6 heteroatoms. The van der Waals surface area contributed by atoms with Crippen LogP contribution in [0.2, 0.25) is 5.02 Å². The third-order valence-corrected chi connectivity index (χ3v) is 3.83. The number of ether oxygens (including phenoxy) is 1. The summed E-state index contributed by atoms with van der Waals surface area (Å²) in [7, 11) is 1.68. The molecule has 0 aliphatic carbocycles. The molecular weight excluding hydrogens is 288 g/mol. The average Bonchev–Trinajstić information content (AvgIpc) is 2.56. The second-order valence-electron chi connectivity index (χ2n) is 4.84. The van der Waals surface area contributed by atoms with Crippen LogP contribution in [-0.2, 0) is 0 Å². The number of benzene rings is 1. The van der Waals surface area contributed by atoms with E-state index < -0.39 is 0 Å². The number of hydrogen-bond acceptors (Lipinski definition) is 5. The molecule has 1 aromatic carbocycles. The first-order valence-electron chi connectivity index (χ1n) is 6.88. The van der Waals surface area contributed by atoms with Crippen molar-refractivity contribution < 1.29 is 4.74 Å². The first-order chi connectivity index (χ1) is 10.3. The lowest BCUT2D eigenvalue weighted by Gasteiger charge is -2.36. The van der Waals surface area contributed by atoms with Crippen LogP contribution < -0.4 is 14.5 Å². The maximum Gasteiger partial charge on any atom is 0.225 e. The fourth-order valence-electron chi connectivity index (χ4n) is 2.51. The summed E-state index contributed by atoms with van der Waals surface area (Å²) in [6, 6.07) is 7.54. The molecule has 0 bridgehead atoms.